The average molecular weight is 360 g/mol. The van der Waals surface area contributed by atoms with Gasteiger partial charge < -0.3 is 5.32 Å². The second-order valence-electron chi connectivity index (χ2n) is 5.01. The van der Waals surface area contributed by atoms with E-state index in [4.69, 9.17) is 23.2 Å². The summed E-state index contributed by atoms with van der Waals surface area (Å²) in [6.45, 7) is 1.77. The van der Waals surface area contributed by atoms with Crippen LogP contribution < -0.4 is 5.32 Å². The first kappa shape index (κ1) is 17.3. The molecule has 2 aromatic rings. The van der Waals surface area contributed by atoms with Gasteiger partial charge in [-0.25, -0.2) is 4.39 Å². The molecule has 118 valence electrons. The summed E-state index contributed by atoms with van der Waals surface area (Å²) in [7, 11) is 0. The minimum atomic E-state index is -0.542. The highest BCUT2D eigenvalue weighted by atomic mass is 35.5. The van der Waals surface area contributed by atoms with Crippen LogP contribution in [0.15, 0.2) is 29.6 Å². The summed E-state index contributed by atoms with van der Waals surface area (Å²) in [6.07, 6.45) is 2.09. The van der Waals surface area contributed by atoms with Crippen molar-refractivity contribution in [1.29, 1.82) is 0 Å². The van der Waals surface area contributed by atoms with Crippen LogP contribution in [0.25, 0.3) is 0 Å². The predicted octanol–water partition coefficient (Wildman–Crippen LogP) is 5.39. The number of hydrogen-bond donors (Lipinski definition) is 1. The second-order valence-corrected chi connectivity index (χ2v) is 6.86. The van der Waals surface area contributed by atoms with Gasteiger partial charge in [-0.3, -0.25) is 4.79 Å². The molecular formula is C16H16Cl2FNOS. The molecule has 0 saturated heterocycles. The molecule has 0 bridgehead atoms. The number of nitrogens with one attached hydrogen (secondary N) is 1. The first-order valence-electron chi connectivity index (χ1n) is 6.93. The third kappa shape index (κ3) is 4.70. The zero-order valence-electron chi connectivity index (χ0n) is 12.0. The van der Waals surface area contributed by atoms with Gasteiger partial charge in [-0.05, 0) is 48.9 Å². The lowest BCUT2D eigenvalue weighted by molar-refractivity contribution is -0.121. The molecule has 1 unspecified atom stereocenters. The third-order valence-corrected chi connectivity index (χ3v) is 4.84. The van der Waals surface area contributed by atoms with Crippen LogP contribution in [-0.4, -0.2) is 5.91 Å². The van der Waals surface area contributed by atoms with Gasteiger partial charge in [0.15, 0.2) is 0 Å². The number of benzene rings is 1. The first-order valence-corrected chi connectivity index (χ1v) is 8.57. The molecule has 0 aliphatic carbocycles. The Morgan fingerprint density at radius 2 is 2.14 bits per heavy atom. The molecule has 2 nitrogen and oxygen atoms in total. The molecule has 1 heterocycles. The lowest BCUT2D eigenvalue weighted by Gasteiger charge is -2.16. The molecular weight excluding hydrogens is 344 g/mol. The van der Waals surface area contributed by atoms with Gasteiger partial charge in [-0.2, -0.15) is 0 Å². The summed E-state index contributed by atoms with van der Waals surface area (Å²) in [5.74, 6) is -0.615. The van der Waals surface area contributed by atoms with Gasteiger partial charge in [0.1, 0.15) is 5.82 Å². The van der Waals surface area contributed by atoms with E-state index in [9.17, 15) is 9.18 Å². The van der Waals surface area contributed by atoms with Crippen molar-refractivity contribution in [2.24, 2.45) is 0 Å². The molecule has 1 N–H and O–H groups in total. The molecule has 0 saturated carbocycles. The Morgan fingerprint density at radius 3 is 2.82 bits per heavy atom. The smallest absolute Gasteiger partial charge is 0.220 e. The van der Waals surface area contributed by atoms with Crippen LogP contribution in [0.1, 0.15) is 36.2 Å². The normalized spacial score (nSPS) is 12.2. The maximum atomic E-state index is 13.5. The molecule has 0 aliphatic heterocycles. The molecule has 1 aromatic carbocycles. The number of carbonyl (C=O) groups excluding carboxylic acids is 1. The van der Waals surface area contributed by atoms with Crippen LogP contribution in [-0.2, 0) is 11.2 Å². The summed E-state index contributed by atoms with van der Waals surface area (Å²) >= 11 is 13.4. The summed E-state index contributed by atoms with van der Waals surface area (Å²) in [5.41, 5.74) is 0.523. The SMILES string of the molecule is CC(NC(=O)CCCc1cccs1)c1cc(F)c(Cl)cc1Cl. The van der Waals surface area contributed by atoms with E-state index in [0.717, 1.165) is 12.8 Å². The van der Waals surface area contributed by atoms with Crippen LogP contribution >= 0.6 is 34.5 Å². The molecule has 6 heteroatoms. The van der Waals surface area contributed by atoms with Gasteiger partial charge >= 0.3 is 0 Å². The predicted molar refractivity (Wildman–Crippen MR) is 90.2 cm³/mol. The molecule has 0 fully saturated rings. The summed E-state index contributed by atoms with van der Waals surface area (Å²) in [4.78, 5) is 13.2. The Morgan fingerprint density at radius 1 is 1.36 bits per heavy atom. The van der Waals surface area contributed by atoms with E-state index in [1.807, 2.05) is 11.4 Å². The minimum absolute atomic E-state index is 0.0248. The molecule has 1 atom stereocenters. The van der Waals surface area contributed by atoms with Crippen molar-refractivity contribution in [2.45, 2.75) is 32.2 Å². The number of thiophene rings is 1. The van der Waals surface area contributed by atoms with Crippen LogP contribution in [0.2, 0.25) is 10.0 Å². The molecule has 1 amide bonds. The molecule has 2 rings (SSSR count). The third-order valence-electron chi connectivity index (χ3n) is 3.29. The maximum Gasteiger partial charge on any atom is 0.220 e. The van der Waals surface area contributed by atoms with Crippen molar-refractivity contribution in [3.05, 3.63) is 55.9 Å². The first-order chi connectivity index (χ1) is 10.5. The highest BCUT2D eigenvalue weighted by Gasteiger charge is 2.15. The lowest BCUT2D eigenvalue weighted by atomic mass is 10.1. The topological polar surface area (TPSA) is 29.1 Å². The van der Waals surface area contributed by atoms with Crippen molar-refractivity contribution in [3.8, 4) is 0 Å². The fourth-order valence-electron chi connectivity index (χ4n) is 2.14. The van der Waals surface area contributed by atoms with E-state index in [1.54, 1.807) is 18.3 Å². The Bertz CT molecular complexity index is 646. The summed E-state index contributed by atoms with van der Waals surface area (Å²) < 4.78 is 13.5. The number of carbonyl (C=O) groups is 1. The van der Waals surface area contributed by atoms with Gasteiger partial charge in [-0.1, -0.05) is 29.3 Å². The van der Waals surface area contributed by atoms with Crippen LogP contribution in [0.4, 0.5) is 4.39 Å². The van der Waals surface area contributed by atoms with Crippen molar-refractivity contribution in [1.82, 2.24) is 5.32 Å². The van der Waals surface area contributed by atoms with E-state index in [2.05, 4.69) is 11.4 Å². The van der Waals surface area contributed by atoms with Crippen LogP contribution in [0, 0.1) is 5.82 Å². The molecule has 0 radical (unpaired) electrons. The average Bonchev–Trinajstić information content (AvgIpc) is 2.96. The van der Waals surface area contributed by atoms with Gasteiger partial charge in [0, 0.05) is 16.3 Å². The molecule has 22 heavy (non-hydrogen) atoms. The highest BCUT2D eigenvalue weighted by molar-refractivity contribution is 7.09. The maximum absolute atomic E-state index is 13.5. The number of rotatable bonds is 6. The van der Waals surface area contributed by atoms with Crippen LogP contribution in [0.3, 0.4) is 0 Å². The number of halogens is 3. The van der Waals surface area contributed by atoms with Crippen molar-refractivity contribution in [2.75, 3.05) is 0 Å². The standard InChI is InChI=1S/C16H16Cl2FNOS/c1-10(12-8-15(19)14(18)9-13(12)17)20-16(21)6-2-4-11-5-3-7-22-11/h3,5,7-10H,2,4,6H2,1H3,(H,20,21). The fraction of sp³-hybridized carbons (Fsp3) is 0.312. The van der Waals surface area contributed by atoms with E-state index < -0.39 is 5.82 Å². The number of amides is 1. The van der Waals surface area contributed by atoms with E-state index >= 15 is 0 Å². The quantitative estimate of drug-likeness (QED) is 0.687. The molecule has 1 aromatic heterocycles. The Hall–Kier alpha value is -1.10. The van der Waals surface area contributed by atoms with E-state index in [0.29, 0.717) is 17.0 Å². The van der Waals surface area contributed by atoms with E-state index in [-0.39, 0.29) is 17.0 Å². The Labute approximate surface area is 143 Å². The Kier molecular flexibility index (Phi) is 6.24. The minimum Gasteiger partial charge on any atom is -0.350 e. The van der Waals surface area contributed by atoms with Gasteiger partial charge in [0.25, 0.3) is 0 Å². The van der Waals surface area contributed by atoms with Gasteiger partial charge in [0.2, 0.25) is 5.91 Å². The van der Waals surface area contributed by atoms with Gasteiger partial charge in [0.05, 0.1) is 11.1 Å². The van der Waals surface area contributed by atoms with Gasteiger partial charge in [-0.15, -0.1) is 11.3 Å². The largest absolute Gasteiger partial charge is 0.350 e. The molecule has 0 aliphatic rings. The second kappa shape index (κ2) is 7.95. The van der Waals surface area contributed by atoms with Crippen LogP contribution in [0.5, 0.6) is 0 Å². The molecule has 0 spiro atoms. The Balaban J connectivity index is 1.87. The monoisotopic (exact) mass is 359 g/mol. The fourth-order valence-corrected chi connectivity index (χ4v) is 3.44. The van der Waals surface area contributed by atoms with Crippen molar-refractivity contribution < 1.29 is 9.18 Å². The highest BCUT2D eigenvalue weighted by Crippen LogP contribution is 2.28. The zero-order chi connectivity index (χ0) is 16.1. The lowest BCUT2D eigenvalue weighted by Crippen LogP contribution is -2.26. The summed E-state index contributed by atoms with van der Waals surface area (Å²) in [5, 5.41) is 5.18. The van der Waals surface area contributed by atoms with Crippen molar-refractivity contribution >= 4 is 40.4 Å². The zero-order valence-corrected chi connectivity index (χ0v) is 14.4. The summed E-state index contributed by atoms with van der Waals surface area (Å²) in [6, 6.07) is 6.31. The van der Waals surface area contributed by atoms with E-state index in [1.165, 1.54) is 17.0 Å². The number of hydrogen-bond acceptors (Lipinski definition) is 2. The number of aryl methyl sites for hydroxylation is 1. The van der Waals surface area contributed by atoms with Crippen molar-refractivity contribution in [3.63, 3.8) is 0 Å².